The average molecular weight is 261 g/mol. The Hall–Kier alpha value is -1.20. The van der Waals surface area contributed by atoms with Gasteiger partial charge in [0.2, 0.25) is 5.91 Å². The number of para-hydroxylation sites is 1. The average Bonchev–Trinajstić information content (AvgIpc) is 2.18. The lowest BCUT2D eigenvalue weighted by Gasteiger charge is -2.37. The highest BCUT2D eigenvalue weighted by Gasteiger charge is 2.44. The number of hydrogen-bond donors (Lipinski definition) is 1. The molecule has 1 aliphatic heterocycles. The molecule has 92 valence electrons. The first kappa shape index (κ1) is 12.3. The summed E-state index contributed by atoms with van der Waals surface area (Å²) in [6, 6.07) is 6.78. The number of carbonyl (C=O) groups excluding carboxylic acids is 1. The summed E-state index contributed by atoms with van der Waals surface area (Å²) < 4.78 is 25.1. The molecular weight excluding hydrogens is 250 g/mol. The molecule has 6 heteroatoms. The van der Waals surface area contributed by atoms with Crippen LogP contribution >= 0.6 is 11.6 Å². The molecule has 1 N–H and O–H groups in total. The van der Waals surface area contributed by atoms with Crippen molar-refractivity contribution in [3.05, 3.63) is 29.3 Å². The zero-order valence-electron chi connectivity index (χ0n) is 8.92. The molecule has 1 amide bonds. The van der Waals surface area contributed by atoms with Gasteiger partial charge in [0.25, 0.3) is 5.92 Å². The summed E-state index contributed by atoms with van der Waals surface area (Å²) in [4.78, 5) is 12.9. The van der Waals surface area contributed by atoms with E-state index < -0.39 is 5.92 Å². The normalized spacial score (nSPS) is 18.5. The first-order chi connectivity index (χ1) is 7.96. The zero-order valence-corrected chi connectivity index (χ0v) is 9.68. The van der Waals surface area contributed by atoms with Gasteiger partial charge in [-0.15, -0.1) is 0 Å². The minimum Gasteiger partial charge on any atom is -0.324 e. The van der Waals surface area contributed by atoms with E-state index in [2.05, 4.69) is 5.32 Å². The van der Waals surface area contributed by atoms with Gasteiger partial charge in [-0.2, -0.15) is 0 Å². The van der Waals surface area contributed by atoms with Crippen LogP contribution in [0.4, 0.5) is 14.5 Å². The summed E-state index contributed by atoms with van der Waals surface area (Å²) in [5.74, 6) is -2.99. The first-order valence-corrected chi connectivity index (χ1v) is 5.49. The van der Waals surface area contributed by atoms with Gasteiger partial charge in [-0.1, -0.05) is 23.7 Å². The second-order valence-corrected chi connectivity index (χ2v) is 4.44. The van der Waals surface area contributed by atoms with Crippen LogP contribution in [0.5, 0.6) is 0 Å². The molecule has 0 unspecified atom stereocenters. The standard InChI is InChI=1S/C11H11ClF2N2O/c12-8-3-1-2-4-9(8)15-10(17)5-16-6-11(13,14)7-16/h1-4H,5-7H2,(H,15,17). The topological polar surface area (TPSA) is 32.3 Å². The number of likely N-dealkylation sites (tertiary alicyclic amines) is 1. The maximum atomic E-state index is 12.5. The van der Waals surface area contributed by atoms with Crippen LogP contribution < -0.4 is 5.32 Å². The molecule has 0 spiro atoms. The molecule has 3 nitrogen and oxygen atoms in total. The van der Waals surface area contributed by atoms with E-state index in [0.717, 1.165) is 0 Å². The fraction of sp³-hybridized carbons (Fsp3) is 0.364. The molecule has 0 atom stereocenters. The molecule has 0 radical (unpaired) electrons. The third-order valence-corrected chi connectivity index (χ3v) is 2.75. The van der Waals surface area contributed by atoms with E-state index in [9.17, 15) is 13.6 Å². The monoisotopic (exact) mass is 260 g/mol. The van der Waals surface area contributed by atoms with E-state index in [4.69, 9.17) is 11.6 Å². The highest BCUT2D eigenvalue weighted by molar-refractivity contribution is 6.33. The van der Waals surface area contributed by atoms with Crippen LogP contribution in [0, 0.1) is 0 Å². The second kappa shape index (κ2) is 4.58. The van der Waals surface area contributed by atoms with Gasteiger partial charge in [0.15, 0.2) is 0 Å². The largest absolute Gasteiger partial charge is 0.324 e. The number of rotatable bonds is 3. The third kappa shape index (κ3) is 3.14. The molecule has 2 rings (SSSR count). The molecule has 1 fully saturated rings. The Kier molecular flexibility index (Phi) is 3.31. The Bertz CT molecular complexity index is 431. The van der Waals surface area contributed by atoms with Crippen LogP contribution in [-0.2, 0) is 4.79 Å². The van der Waals surface area contributed by atoms with E-state index >= 15 is 0 Å². The summed E-state index contributed by atoms with van der Waals surface area (Å²) >= 11 is 5.85. The minimum absolute atomic E-state index is 0.0409. The van der Waals surface area contributed by atoms with Crippen LogP contribution in [0.3, 0.4) is 0 Å². The van der Waals surface area contributed by atoms with Gasteiger partial charge in [0.1, 0.15) is 0 Å². The zero-order chi connectivity index (χ0) is 12.5. The molecule has 1 aromatic carbocycles. The molecule has 1 saturated heterocycles. The van der Waals surface area contributed by atoms with E-state index in [1.54, 1.807) is 24.3 Å². The lowest BCUT2D eigenvalue weighted by atomic mass is 10.1. The number of nitrogens with one attached hydrogen (secondary N) is 1. The Morgan fingerprint density at radius 1 is 1.41 bits per heavy atom. The number of benzene rings is 1. The van der Waals surface area contributed by atoms with Gasteiger partial charge in [0.05, 0.1) is 30.3 Å². The van der Waals surface area contributed by atoms with E-state index in [1.807, 2.05) is 0 Å². The van der Waals surface area contributed by atoms with Gasteiger partial charge >= 0.3 is 0 Å². The summed E-state index contributed by atoms with van der Waals surface area (Å²) in [5.41, 5.74) is 0.492. The lowest BCUT2D eigenvalue weighted by molar-refractivity contribution is -0.141. The van der Waals surface area contributed by atoms with E-state index in [0.29, 0.717) is 10.7 Å². The number of alkyl halides is 2. The Morgan fingerprint density at radius 3 is 2.65 bits per heavy atom. The Balaban J connectivity index is 1.85. The second-order valence-electron chi connectivity index (χ2n) is 4.03. The van der Waals surface area contributed by atoms with Gasteiger partial charge in [-0.25, -0.2) is 8.78 Å². The lowest BCUT2D eigenvalue weighted by Crippen LogP contribution is -2.57. The summed E-state index contributed by atoms with van der Waals surface area (Å²) in [7, 11) is 0. The van der Waals surface area contributed by atoms with Crippen molar-refractivity contribution in [2.45, 2.75) is 5.92 Å². The highest BCUT2D eigenvalue weighted by atomic mass is 35.5. The molecule has 1 heterocycles. The molecule has 1 aromatic rings. The van der Waals surface area contributed by atoms with Crippen molar-refractivity contribution in [3.63, 3.8) is 0 Å². The van der Waals surface area contributed by atoms with Crippen molar-refractivity contribution in [2.75, 3.05) is 25.0 Å². The maximum absolute atomic E-state index is 12.5. The third-order valence-electron chi connectivity index (χ3n) is 2.43. The number of nitrogens with zero attached hydrogens (tertiary/aromatic N) is 1. The minimum atomic E-state index is -2.65. The molecule has 0 bridgehead atoms. The van der Waals surface area contributed by atoms with E-state index in [1.165, 1.54) is 4.90 Å². The SMILES string of the molecule is O=C(CN1CC(F)(F)C1)Nc1ccccc1Cl. The first-order valence-electron chi connectivity index (χ1n) is 5.11. The molecule has 1 aliphatic rings. The molecule has 17 heavy (non-hydrogen) atoms. The van der Waals surface area contributed by atoms with Crippen LogP contribution in [0.2, 0.25) is 5.02 Å². The number of amides is 1. The van der Waals surface area contributed by atoms with Crippen LogP contribution in [-0.4, -0.2) is 36.4 Å². The van der Waals surface area contributed by atoms with Gasteiger partial charge in [-0.3, -0.25) is 9.69 Å². The van der Waals surface area contributed by atoms with Crippen molar-refractivity contribution in [1.29, 1.82) is 0 Å². The van der Waals surface area contributed by atoms with Gasteiger partial charge in [-0.05, 0) is 12.1 Å². The summed E-state index contributed by atoms with van der Waals surface area (Å²) in [6.45, 7) is -0.757. The quantitative estimate of drug-likeness (QED) is 0.904. The van der Waals surface area contributed by atoms with E-state index in [-0.39, 0.29) is 25.5 Å². The maximum Gasteiger partial charge on any atom is 0.272 e. The van der Waals surface area contributed by atoms with Crippen molar-refractivity contribution < 1.29 is 13.6 Å². The van der Waals surface area contributed by atoms with Crippen molar-refractivity contribution in [2.24, 2.45) is 0 Å². The van der Waals surface area contributed by atoms with Crippen LogP contribution in [0.1, 0.15) is 0 Å². The molecule has 0 saturated carbocycles. The van der Waals surface area contributed by atoms with Crippen molar-refractivity contribution >= 4 is 23.2 Å². The molecular formula is C11H11ClF2N2O. The Morgan fingerprint density at radius 2 is 2.06 bits per heavy atom. The fourth-order valence-electron chi connectivity index (χ4n) is 1.68. The summed E-state index contributed by atoms with van der Waals surface area (Å²) in [5, 5.41) is 3.00. The Labute approximate surface area is 102 Å². The summed E-state index contributed by atoms with van der Waals surface area (Å²) in [6.07, 6.45) is 0. The van der Waals surface area contributed by atoms with Gasteiger partial charge in [0, 0.05) is 0 Å². The number of carbonyl (C=O) groups is 1. The number of hydrogen-bond acceptors (Lipinski definition) is 2. The van der Waals surface area contributed by atoms with Gasteiger partial charge < -0.3 is 5.32 Å². The van der Waals surface area contributed by atoms with Crippen molar-refractivity contribution in [3.8, 4) is 0 Å². The van der Waals surface area contributed by atoms with Crippen LogP contribution in [0.25, 0.3) is 0 Å². The van der Waals surface area contributed by atoms with Crippen molar-refractivity contribution in [1.82, 2.24) is 4.90 Å². The predicted molar refractivity (Wildman–Crippen MR) is 61.5 cm³/mol. The van der Waals surface area contributed by atoms with Crippen LogP contribution in [0.15, 0.2) is 24.3 Å². The smallest absolute Gasteiger partial charge is 0.272 e. The fourth-order valence-corrected chi connectivity index (χ4v) is 1.86. The number of anilines is 1. The molecule has 0 aliphatic carbocycles. The highest BCUT2D eigenvalue weighted by Crippen LogP contribution is 2.26. The predicted octanol–water partition coefficient (Wildman–Crippen LogP) is 2.23. The molecule has 0 aromatic heterocycles. The number of halogens is 3.